The van der Waals surface area contributed by atoms with E-state index in [4.69, 9.17) is 0 Å². The van der Waals surface area contributed by atoms with Crippen LogP contribution in [0.25, 0.3) is 0 Å². The van der Waals surface area contributed by atoms with Crippen LogP contribution in [0.2, 0.25) is 19.1 Å². The highest BCUT2D eigenvalue weighted by atomic mass is 28.3. The maximum Gasteiger partial charge on any atom is 0.460 e. The largest absolute Gasteiger partial charge is 0.460 e. The molecule has 0 aliphatic carbocycles. The predicted molar refractivity (Wildman–Crippen MR) is 82.4 cm³/mol. The first kappa shape index (κ1) is 31.8. The molecular weight excluding hydrogens is 531 g/mol. The fraction of sp³-hybridized carbons (Fsp3) is 0.867. The molecule has 0 saturated carbocycles. The minimum Gasteiger partial charge on any atom is -0.200 e. The fourth-order valence-corrected chi connectivity index (χ4v) is 3.51. The van der Waals surface area contributed by atoms with Crippen LogP contribution in [-0.4, -0.2) is 55.7 Å². The van der Waals surface area contributed by atoms with Crippen molar-refractivity contribution in [2.24, 2.45) is 0 Å². The van der Waals surface area contributed by atoms with Gasteiger partial charge in [0, 0.05) is 6.42 Å². The first-order chi connectivity index (χ1) is 14.0. The van der Waals surface area contributed by atoms with Crippen LogP contribution in [0.1, 0.15) is 12.8 Å². The Bertz CT molecular complexity index is 704. The van der Waals surface area contributed by atoms with Crippen LogP contribution >= 0.6 is 0 Å². The third-order valence-corrected chi connectivity index (χ3v) is 7.40. The Hall–Kier alpha value is -1.23. The average molecular weight is 546 g/mol. The number of halogens is 17. The SMILES string of the molecule is C=C[Si](C)(C)CCCC(F)(F)C(F)(F)C(F)(F)C(F)(F)C(F)(F)C(F)(F)C(F)(F)C(F)(F)F. The summed E-state index contributed by atoms with van der Waals surface area (Å²) >= 11 is 0. The zero-order valence-electron chi connectivity index (χ0n) is 16.3. The minimum absolute atomic E-state index is 0.393. The summed E-state index contributed by atoms with van der Waals surface area (Å²) in [5.74, 6) is -55.8. The molecule has 0 bridgehead atoms. The Balaban J connectivity index is 6.39. The Kier molecular flexibility index (Phi) is 8.14. The maximum atomic E-state index is 13.7. The van der Waals surface area contributed by atoms with Gasteiger partial charge in [0.25, 0.3) is 0 Å². The molecule has 0 atom stereocenters. The van der Waals surface area contributed by atoms with Crippen LogP contribution in [0.3, 0.4) is 0 Å². The Morgan fingerprint density at radius 3 is 1.15 bits per heavy atom. The molecule has 0 saturated heterocycles. The Morgan fingerprint density at radius 1 is 0.545 bits per heavy atom. The van der Waals surface area contributed by atoms with E-state index in [0.717, 1.165) is 0 Å². The summed E-state index contributed by atoms with van der Waals surface area (Å²) in [5, 5.41) is 0. The van der Waals surface area contributed by atoms with Crippen LogP contribution in [0, 0.1) is 0 Å². The van der Waals surface area contributed by atoms with Crippen LogP contribution < -0.4 is 0 Å². The van der Waals surface area contributed by atoms with Crippen LogP contribution in [0.5, 0.6) is 0 Å². The monoisotopic (exact) mass is 546 g/mol. The fourth-order valence-electron chi connectivity index (χ4n) is 2.22. The summed E-state index contributed by atoms with van der Waals surface area (Å²) in [4.78, 5) is 0. The van der Waals surface area contributed by atoms with Crippen molar-refractivity contribution in [3.05, 3.63) is 12.3 Å². The van der Waals surface area contributed by atoms with E-state index in [9.17, 15) is 74.6 Å². The van der Waals surface area contributed by atoms with Gasteiger partial charge in [-0.2, -0.15) is 74.6 Å². The highest BCUT2D eigenvalue weighted by molar-refractivity contribution is 6.82. The van der Waals surface area contributed by atoms with E-state index in [1.807, 2.05) is 0 Å². The van der Waals surface area contributed by atoms with Gasteiger partial charge in [0.1, 0.15) is 0 Å². The first-order valence-electron chi connectivity index (χ1n) is 8.37. The maximum absolute atomic E-state index is 13.7. The lowest BCUT2D eigenvalue weighted by Gasteiger charge is -2.42. The molecule has 0 aromatic rings. The van der Waals surface area contributed by atoms with Crippen LogP contribution in [0.4, 0.5) is 74.6 Å². The molecule has 0 heterocycles. The van der Waals surface area contributed by atoms with Gasteiger partial charge in [-0.1, -0.05) is 19.1 Å². The summed E-state index contributed by atoms with van der Waals surface area (Å²) in [6.07, 6.45) is -11.2. The topological polar surface area (TPSA) is 0 Å². The number of rotatable bonds is 11. The standard InChI is InChI=1S/C15H15F17Si/c1-4-33(2,3)7-5-6-8(16,17)9(18,19)10(20,21)11(22,23)12(24,25)13(26,27)14(28,29)15(30,31)32/h4H,1,5-7H2,2-3H3. The summed E-state index contributed by atoms with van der Waals surface area (Å²) in [6.45, 7) is 6.08. The zero-order chi connectivity index (χ0) is 27.3. The van der Waals surface area contributed by atoms with Crippen molar-refractivity contribution < 1.29 is 74.6 Å². The van der Waals surface area contributed by atoms with E-state index in [1.165, 1.54) is 18.8 Å². The molecule has 18 heteroatoms. The van der Waals surface area contributed by atoms with E-state index in [1.54, 1.807) is 0 Å². The molecule has 0 nitrogen and oxygen atoms in total. The van der Waals surface area contributed by atoms with Gasteiger partial charge in [0.05, 0.1) is 8.07 Å². The molecule has 0 radical (unpaired) electrons. The van der Waals surface area contributed by atoms with E-state index >= 15 is 0 Å². The van der Waals surface area contributed by atoms with E-state index in [0.29, 0.717) is 0 Å². The lowest BCUT2D eigenvalue weighted by atomic mass is 9.88. The minimum atomic E-state index is -8.58. The molecule has 0 aliphatic rings. The van der Waals surface area contributed by atoms with Gasteiger partial charge >= 0.3 is 47.6 Å². The number of alkyl halides is 17. The van der Waals surface area contributed by atoms with E-state index in [2.05, 4.69) is 6.58 Å². The molecule has 0 aliphatic heterocycles. The molecule has 0 aromatic carbocycles. The van der Waals surface area contributed by atoms with Crippen molar-refractivity contribution in [1.29, 1.82) is 0 Å². The first-order valence-corrected chi connectivity index (χ1v) is 11.7. The van der Waals surface area contributed by atoms with E-state index in [-0.39, 0.29) is 0 Å². The normalized spacial score (nSPS) is 16.2. The molecule has 0 fully saturated rings. The molecule has 0 N–H and O–H groups in total. The van der Waals surface area contributed by atoms with Crippen molar-refractivity contribution in [3.63, 3.8) is 0 Å². The smallest absolute Gasteiger partial charge is 0.200 e. The van der Waals surface area contributed by atoms with Crippen molar-refractivity contribution in [3.8, 4) is 0 Å². The summed E-state index contributed by atoms with van der Waals surface area (Å²) in [6, 6.07) is -0.393. The molecular formula is C15H15F17Si. The average Bonchev–Trinajstić information content (AvgIpc) is 2.59. The summed E-state index contributed by atoms with van der Waals surface area (Å²) < 4.78 is 223. The molecule has 0 unspecified atom stereocenters. The lowest BCUT2D eigenvalue weighted by molar-refractivity contribution is -0.461. The van der Waals surface area contributed by atoms with Crippen molar-refractivity contribution in [1.82, 2.24) is 0 Å². The molecule has 198 valence electrons. The quantitative estimate of drug-likeness (QED) is 0.181. The van der Waals surface area contributed by atoms with Gasteiger partial charge in [-0.05, 0) is 6.42 Å². The van der Waals surface area contributed by atoms with Crippen molar-refractivity contribution in [2.75, 3.05) is 0 Å². The Labute approximate surface area is 175 Å². The second-order valence-corrected chi connectivity index (χ2v) is 12.6. The molecule has 33 heavy (non-hydrogen) atoms. The predicted octanol–water partition coefficient (Wildman–Crippen LogP) is 8.21. The van der Waals surface area contributed by atoms with Gasteiger partial charge in [-0.15, -0.1) is 12.3 Å². The van der Waals surface area contributed by atoms with E-state index < -0.39 is 74.6 Å². The van der Waals surface area contributed by atoms with Crippen molar-refractivity contribution >= 4 is 8.07 Å². The van der Waals surface area contributed by atoms with Gasteiger partial charge in [0.2, 0.25) is 0 Å². The molecule has 0 aromatic heterocycles. The zero-order valence-corrected chi connectivity index (χ0v) is 17.3. The second-order valence-electron chi connectivity index (χ2n) is 7.69. The molecule has 0 amide bonds. The lowest BCUT2D eigenvalue weighted by Crippen LogP contribution is -2.74. The highest BCUT2D eigenvalue weighted by Crippen LogP contribution is 2.64. The van der Waals surface area contributed by atoms with Gasteiger partial charge in [-0.25, -0.2) is 0 Å². The molecule has 0 rings (SSSR count). The molecule has 0 spiro atoms. The Morgan fingerprint density at radius 2 is 0.848 bits per heavy atom. The number of hydrogen-bond donors (Lipinski definition) is 0. The summed E-state index contributed by atoms with van der Waals surface area (Å²) in [7, 11) is -2.57. The van der Waals surface area contributed by atoms with Crippen LogP contribution in [-0.2, 0) is 0 Å². The van der Waals surface area contributed by atoms with Crippen LogP contribution in [0.15, 0.2) is 12.3 Å². The number of hydrogen-bond acceptors (Lipinski definition) is 0. The van der Waals surface area contributed by atoms with Gasteiger partial charge in [0.15, 0.2) is 0 Å². The van der Waals surface area contributed by atoms with Crippen molar-refractivity contribution in [2.45, 2.75) is 79.6 Å². The third kappa shape index (κ3) is 4.81. The second kappa shape index (κ2) is 8.46. The third-order valence-electron chi connectivity index (χ3n) is 4.65. The van der Waals surface area contributed by atoms with Gasteiger partial charge < -0.3 is 0 Å². The highest BCUT2D eigenvalue weighted by Gasteiger charge is 2.95. The summed E-state index contributed by atoms with van der Waals surface area (Å²) in [5.41, 5.74) is 1.22. The van der Waals surface area contributed by atoms with Gasteiger partial charge in [-0.3, -0.25) is 0 Å².